The standard InChI is InChI=1S/C20H19ClN4O2/c21-16-5-3-14(4-6-16)10-17-11-24-19(27-17)15-2-1-9-25(13-15)20(26)18-12-22-7-8-23-18/h3-8,11-12,15H,1-2,9-10,13H2. The van der Waals surface area contributed by atoms with Crippen LogP contribution >= 0.6 is 11.6 Å². The Labute approximate surface area is 162 Å². The molecule has 3 heterocycles. The van der Waals surface area contributed by atoms with E-state index in [9.17, 15) is 4.79 Å². The van der Waals surface area contributed by atoms with Crippen LogP contribution in [0, 0.1) is 0 Å². The number of piperidine rings is 1. The first-order valence-electron chi connectivity index (χ1n) is 8.93. The van der Waals surface area contributed by atoms with Crippen molar-refractivity contribution in [2.75, 3.05) is 13.1 Å². The summed E-state index contributed by atoms with van der Waals surface area (Å²) < 4.78 is 5.98. The maximum absolute atomic E-state index is 12.6. The molecule has 1 aliphatic heterocycles. The van der Waals surface area contributed by atoms with Crippen LogP contribution in [0.4, 0.5) is 0 Å². The summed E-state index contributed by atoms with van der Waals surface area (Å²) in [6, 6.07) is 7.69. The second-order valence-electron chi connectivity index (χ2n) is 6.65. The van der Waals surface area contributed by atoms with Crippen molar-refractivity contribution >= 4 is 17.5 Å². The van der Waals surface area contributed by atoms with Gasteiger partial charge in [-0.05, 0) is 30.5 Å². The van der Waals surface area contributed by atoms with Crippen LogP contribution in [-0.2, 0) is 6.42 Å². The van der Waals surface area contributed by atoms with Crippen molar-refractivity contribution in [3.63, 3.8) is 0 Å². The molecule has 138 valence electrons. The van der Waals surface area contributed by atoms with Gasteiger partial charge in [0, 0.05) is 36.9 Å². The number of amides is 1. The van der Waals surface area contributed by atoms with Crippen LogP contribution in [0.3, 0.4) is 0 Å². The van der Waals surface area contributed by atoms with Crippen molar-refractivity contribution in [3.8, 4) is 0 Å². The monoisotopic (exact) mass is 382 g/mol. The molecular weight excluding hydrogens is 364 g/mol. The Balaban J connectivity index is 1.43. The van der Waals surface area contributed by atoms with E-state index in [0.717, 1.165) is 24.2 Å². The van der Waals surface area contributed by atoms with E-state index >= 15 is 0 Å². The Hall–Kier alpha value is -2.73. The summed E-state index contributed by atoms with van der Waals surface area (Å²) in [5.74, 6) is 1.50. The highest BCUT2D eigenvalue weighted by Crippen LogP contribution is 2.28. The molecule has 0 spiro atoms. The summed E-state index contributed by atoms with van der Waals surface area (Å²) in [6.45, 7) is 1.29. The Bertz CT molecular complexity index is 911. The van der Waals surface area contributed by atoms with Crippen molar-refractivity contribution in [2.24, 2.45) is 0 Å². The third-order valence-corrected chi connectivity index (χ3v) is 4.96. The lowest BCUT2D eigenvalue weighted by Crippen LogP contribution is -2.39. The molecule has 1 unspecified atom stereocenters. The summed E-state index contributed by atoms with van der Waals surface area (Å²) in [6.07, 6.45) is 8.89. The number of carbonyl (C=O) groups is 1. The topological polar surface area (TPSA) is 72.1 Å². The van der Waals surface area contributed by atoms with Crippen LogP contribution in [0.15, 0.2) is 53.5 Å². The first-order valence-corrected chi connectivity index (χ1v) is 9.31. The molecule has 1 aromatic carbocycles. The van der Waals surface area contributed by atoms with E-state index in [1.807, 2.05) is 24.3 Å². The van der Waals surface area contributed by atoms with Gasteiger partial charge >= 0.3 is 0 Å². The third-order valence-electron chi connectivity index (χ3n) is 4.70. The third kappa shape index (κ3) is 4.17. The fourth-order valence-corrected chi connectivity index (χ4v) is 3.46. The van der Waals surface area contributed by atoms with E-state index in [0.29, 0.717) is 36.1 Å². The van der Waals surface area contributed by atoms with Gasteiger partial charge in [0.05, 0.1) is 18.3 Å². The molecule has 7 heteroatoms. The van der Waals surface area contributed by atoms with Crippen LogP contribution < -0.4 is 0 Å². The van der Waals surface area contributed by atoms with Gasteiger partial charge in [0.15, 0.2) is 5.89 Å². The molecule has 3 aromatic rings. The number of aromatic nitrogens is 3. The number of halogens is 1. The second-order valence-corrected chi connectivity index (χ2v) is 7.09. The average Bonchev–Trinajstić information content (AvgIpc) is 3.18. The largest absolute Gasteiger partial charge is 0.445 e. The highest BCUT2D eigenvalue weighted by molar-refractivity contribution is 6.30. The molecule has 1 amide bonds. The van der Waals surface area contributed by atoms with Gasteiger partial charge in [0.1, 0.15) is 11.5 Å². The Morgan fingerprint density at radius 2 is 2.04 bits per heavy atom. The van der Waals surface area contributed by atoms with Gasteiger partial charge in [-0.1, -0.05) is 23.7 Å². The van der Waals surface area contributed by atoms with Crippen molar-refractivity contribution < 1.29 is 9.21 Å². The van der Waals surface area contributed by atoms with E-state index in [1.54, 1.807) is 17.3 Å². The van der Waals surface area contributed by atoms with Crippen LogP contribution in [0.5, 0.6) is 0 Å². The minimum atomic E-state index is -0.0965. The number of hydrogen-bond donors (Lipinski definition) is 0. The van der Waals surface area contributed by atoms with E-state index < -0.39 is 0 Å². The predicted octanol–water partition coefficient (Wildman–Crippen LogP) is 3.73. The number of carbonyl (C=O) groups excluding carboxylic acids is 1. The number of oxazole rings is 1. The quantitative estimate of drug-likeness (QED) is 0.687. The maximum atomic E-state index is 12.6. The first kappa shape index (κ1) is 17.7. The zero-order valence-electron chi connectivity index (χ0n) is 14.7. The molecule has 1 saturated heterocycles. The van der Waals surface area contributed by atoms with Crippen molar-refractivity contribution in [1.29, 1.82) is 0 Å². The number of hydrogen-bond acceptors (Lipinski definition) is 5. The molecule has 27 heavy (non-hydrogen) atoms. The van der Waals surface area contributed by atoms with E-state index in [1.165, 1.54) is 12.4 Å². The molecule has 0 N–H and O–H groups in total. The Kier molecular flexibility index (Phi) is 5.16. The van der Waals surface area contributed by atoms with Crippen LogP contribution in [-0.4, -0.2) is 38.8 Å². The van der Waals surface area contributed by atoms with Crippen molar-refractivity contribution in [1.82, 2.24) is 19.9 Å². The molecule has 0 bridgehead atoms. The molecule has 6 nitrogen and oxygen atoms in total. The van der Waals surface area contributed by atoms with Crippen LogP contribution in [0.2, 0.25) is 5.02 Å². The Morgan fingerprint density at radius 1 is 1.19 bits per heavy atom. The van der Waals surface area contributed by atoms with Gasteiger partial charge < -0.3 is 9.32 Å². The van der Waals surface area contributed by atoms with E-state index in [4.69, 9.17) is 16.0 Å². The first-order chi connectivity index (χ1) is 13.2. The summed E-state index contributed by atoms with van der Waals surface area (Å²) in [4.78, 5) is 27.0. The predicted molar refractivity (Wildman–Crippen MR) is 101 cm³/mol. The molecule has 0 saturated carbocycles. The highest BCUT2D eigenvalue weighted by Gasteiger charge is 2.29. The fraction of sp³-hybridized carbons (Fsp3) is 0.300. The second kappa shape index (κ2) is 7.88. The van der Waals surface area contributed by atoms with E-state index in [2.05, 4.69) is 15.0 Å². The van der Waals surface area contributed by atoms with Gasteiger partial charge in [0.2, 0.25) is 0 Å². The van der Waals surface area contributed by atoms with Crippen molar-refractivity contribution in [3.05, 3.63) is 77.0 Å². The average molecular weight is 383 g/mol. The lowest BCUT2D eigenvalue weighted by molar-refractivity contribution is 0.0691. The summed E-state index contributed by atoms with van der Waals surface area (Å²) in [7, 11) is 0. The zero-order valence-corrected chi connectivity index (χ0v) is 15.5. The van der Waals surface area contributed by atoms with Gasteiger partial charge in [-0.3, -0.25) is 9.78 Å². The Morgan fingerprint density at radius 3 is 2.81 bits per heavy atom. The summed E-state index contributed by atoms with van der Waals surface area (Å²) >= 11 is 5.93. The number of rotatable bonds is 4. The zero-order chi connectivity index (χ0) is 18.6. The van der Waals surface area contributed by atoms with Gasteiger partial charge in [0.25, 0.3) is 5.91 Å². The highest BCUT2D eigenvalue weighted by atomic mass is 35.5. The van der Waals surface area contributed by atoms with Gasteiger partial charge in [-0.2, -0.15) is 0 Å². The molecule has 2 aromatic heterocycles. The SMILES string of the molecule is O=C(c1cnccn1)N1CCCC(c2ncc(Cc3ccc(Cl)cc3)o2)C1. The van der Waals surface area contributed by atoms with E-state index in [-0.39, 0.29) is 11.8 Å². The molecule has 1 fully saturated rings. The molecule has 1 atom stereocenters. The number of benzene rings is 1. The van der Waals surface area contributed by atoms with Gasteiger partial charge in [-0.15, -0.1) is 0 Å². The molecule has 1 aliphatic rings. The molecular formula is C20H19ClN4O2. The molecule has 0 radical (unpaired) electrons. The van der Waals surface area contributed by atoms with Gasteiger partial charge in [-0.25, -0.2) is 9.97 Å². The lowest BCUT2D eigenvalue weighted by Gasteiger charge is -2.30. The number of nitrogens with zero attached hydrogens (tertiary/aromatic N) is 4. The maximum Gasteiger partial charge on any atom is 0.274 e. The summed E-state index contributed by atoms with van der Waals surface area (Å²) in [5, 5.41) is 0.715. The normalized spacial score (nSPS) is 17.1. The minimum Gasteiger partial charge on any atom is -0.445 e. The van der Waals surface area contributed by atoms with Crippen LogP contribution in [0.1, 0.15) is 46.5 Å². The fourth-order valence-electron chi connectivity index (χ4n) is 3.33. The lowest BCUT2D eigenvalue weighted by atomic mass is 9.98. The van der Waals surface area contributed by atoms with Crippen molar-refractivity contribution in [2.45, 2.75) is 25.2 Å². The smallest absolute Gasteiger partial charge is 0.274 e. The minimum absolute atomic E-state index is 0.0957. The summed E-state index contributed by atoms with van der Waals surface area (Å²) in [5.41, 5.74) is 1.49. The molecule has 0 aliphatic carbocycles. The number of likely N-dealkylation sites (tertiary alicyclic amines) is 1. The molecule has 4 rings (SSSR count). The van der Waals surface area contributed by atoms with Crippen LogP contribution in [0.25, 0.3) is 0 Å².